The summed E-state index contributed by atoms with van der Waals surface area (Å²) >= 11 is 1.79. The highest BCUT2D eigenvalue weighted by atomic mass is 32.1. The molecule has 3 nitrogen and oxygen atoms in total. The number of hydrogen-bond donors (Lipinski definition) is 0. The van der Waals surface area contributed by atoms with Gasteiger partial charge < -0.3 is 4.74 Å². The van der Waals surface area contributed by atoms with Crippen molar-refractivity contribution in [2.75, 3.05) is 13.7 Å². The van der Waals surface area contributed by atoms with Crippen LogP contribution in [0.1, 0.15) is 56.2 Å². The van der Waals surface area contributed by atoms with Crippen molar-refractivity contribution in [1.82, 2.24) is 4.90 Å². The normalized spacial score (nSPS) is 31.4. The molecule has 0 radical (unpaired) electrons. The van der Waals surface area contributed by atoms with Gasteiger partial charge in [-0.15, -0.1) is 11.3 Å². The summed E-state index contributed by atoms with van der Waals surface area (Å²) < 4.78 is 5.12. The first-order valence-corrected chi connectivity index (χ1v) is 9.51. The van der Waals surface area contributed by atoms with E-state index in [2.05, 4.69) is 29.3 Å². The van der Waals surface area contributed by atoms with Gasteiger partial charge in [0.2, 0.25) is 0 Å². The summed E-state index contributed by atoms with van der Waals surface area (Å²) in [6.45, 7) is 3.45. The minimum Gasteiger partial charge on any atom is -0.469 e. The molecule has 0 unspecified atom stereocenters. The number of carbonyl (C=O) groups excluding carboxylic acids is 1. The maximum Gasteiger partial charge on any atom is 0.309 e. The second-order valence-corrected chi connectivity index (χ2v) is 7.63. The van der Waals surface area contributed by atoms with Crippen molar-refractivity contribution in [3.05, 3.63) is 22.4 Å². The lowest BCUT2D eigenvalue weighted by Crippen LogP contribution is -2.49. The standard InChI is InChI=1S/C18H27NO2S/c1-3-4-5-10-19-13-8-9-15(19)17(16-7-6-11-22-16)14(12-13)18(20)21-2/h6-7,11,13-15,17H,3-5,8-10,12H2,1-2H3/t13-,14+,15-,17+/m1/s1. The number of nitrogens with zero attached hydrogens (tertiary/aromatic N) is 1. The summed E-state index contributed by atoms with van der Waals surface area (Å²) in [7, 11) is 1.53. The minimum absolute atomic E-state index is 0.0106. The summed E-state index contributed by atoms with van der Waals surface area (Å²) in [4.78, 5) is 16.4. The van der Waals surface area contributed by atoms with E-state index >= 15 is 0 Å². The Labute approximate surface area is 137 Å². The zero-order valence-electron chi connectivity index (χ0n) is 13.7. The first-order chi connectivity index (χ1) is 10.8. The van der Waals surface area contributed by atoms with Gasteiger partial charge in [-0.2, -0.15) is 0 Å². The highest BCUT2D eigenvalue weighted by Gasteiger charge is 2.50. The Bertz CT molecular complexity index is 487. The Morgan fingerprint density at radius 2 is 2.27 bits per heavy atom. The van der Waals surface area contributed by atoms with Crippen LogP contribution in [-0.2, 0) is 9.53 Å². The third-order valence-electron chi connectivity index (χ3n) is 5.46. The summed E-state index contributed by atoms with van der Waals surface area (Å²) in [6.07, 6.45) is 7.29. The van der Waals surface area contributed by atoms with E-state index in [9.17, 15) is 4.79 Å². The van der Waals surface area contributed by atoms with Gasteiger partial charge in [-0.25, -0.2) is 0 Å². The van der Waals surface area contributed by atoms with E-state index < -0.39 is 0 Å². The van der Waals surface area contributed by atoms with Crippen LogP contribution in [0.4, 0.5) is 0 Å². The third kappa shape index (κ3) is 2.95. The number of hydrogen-bond acceptors (Lipinski definition) is 4. The predicted octanol–water partition coefficient (Wildman–Crippen LogP) is 4.05. The number of fused-ring (bicyclic) bond motifs is 2. The van der Waals surface area contributed by atoms with Crippen LogP contribution in [-0.4, -0.2) is 36.6 Å². The Morgan fingerprint density at radius 3 is 2.95 bits per heavy atom. The first-order valence-electron chi connectivity index (χ1n) is 8.63. The van der Waals surface area contributed by atoms with Gasteiger partial charge in [0.15, 0.2) is 0 Å². The van der Waals surface area contributed by atoms with Gasteiger partial charge in [0.25, 0.3) is 0 Å². The van der Waals surface area contributed by atoms with Crippen LogP contribution in [0.5, 0.6) is 0 Å². The number of esters is 1. The Hall–Kier alpha value is -0.870. The van der Waals surface area contributed by atoms with Crippen molar-refractivity contribution < 1.29 is 9.53 Å². The quantitative estimate of drug-likeness (QED) is 0.585. The lowest BCUT2D eigenvalue weighted by molar-refractivity contribution is -0.149. The molecular weight excluding hydrogens is 294 g/mol. The molecule has 2 aliphatic heterocycles. The van der Waals surface area contributed by atoms with Crippen molar-refractivity contribution in [1.29, 1.82) is 0 Å². The van der Waals surface area contributed by atoms with Gasteiger partial charge in [0, 0.05) is 22.9 Å². The topological polar surface area (TPSA) is 29.5 Å². The van der Waals surface area contributed by atoms with Crippen molar-refractivity contribution >= 4 is 17.3 Å². The largest absolute Gasteiger partial charge is 0.469 e. The van der Waals surface area contributed by atoms with Crippen LogP contribution in [0.3, 0.4) is 0 Å². The second kappa shape index (κ2) is 7.14. The lowest BCUT2D eigenvalue weighted by Gasteiger charge is -2.43. The van der Waals surface area contributed by atoms with Crippen LogP contribution >= 0.6 is 11.3 Å². The van der Waals surface area contributed by atoms with Crippen LogP contribution in [0.2, 0.25) is 0 Å². The van der Waals surface area contributed by atoms with Gasteiger partial charge in [-0.05, 0) is 43.7 Å². The number of unbranched alkanes of at least 4 members (excludes halogenated alkanes) is 2. The fourth-order valence-electron chi connectivity index (χ4n) is 4.47. The maximum absolute atomic E-state index is 12.3. The van der Waals surface area contributed by atoms with Crippen LogP contribution in [0.25, 0.3) is 0 Å². The molecule has 2 aliphatic rings. The molecule has 0 N–H and O–H groups in total. The molecule has 1 aromatic heterocycles. The molecule has 2 bridgehead atoms. The van der Waals surface area contributed by atoms with Gasteiger partial charge in [-0.1, -0.05) is 25.8 Å². The molecule has 122 valence electrons. The van der Waals surface area contributed by atoms with Gasteiger partial charge in [0.1, 0.15) is 0 Å². The minimum atomic E-state index is -0.0106. The molecule has 4 heteroatoms. The molecule has 0 spiro atoms. The van der Waals surface area contributed by atoms with Gasteiger partial charge >= 0.3 is 5.97 Å². The summed E-state index contributed by atoms with van der Waals surface area (Å²) in [5.41, 5.74) is 0. The van der Waals surface area contributed by atoms with Gasteiger partial charge in [0.05, 0.1) is 13.0 Å². The third-order valence-corrected chi connectivity index (χ3v) is 6.43. The molecule has 2 fully saturated rings. The van der Waals surface area contributed by atoms with E-state index in [4.69, 9.17) is 4.74 Å². The first kappa shape index (κ1) is 16.0. The predicted molar refractivity (Wildman–Crippen MR) is 90.2 cm³/mol. The summed E-state index contributed by atoms with van der Waals surface area (Å²) in [5.74, 6) is 0.361. The van der Waals surface area contributed by atoms with Crippen molar-refractivity contribution in [2.24, 2.45) is 5.92 Å². The SMILES string of the molecule is CCCCCN1[C@@H]2CC[C@@H]1[C@@H](c1cccs1)[C@@H](C(=O)OC)C2. The zero-order chi connectivity index (χ0) is 15.5. The number of methoxy groups -OCH3 is 1. The highest BCUT2D eigenvalue weighted by Crippen LogP contribution is 2.48. The van der Waals surface area contributed by atoms with E-state index in [0.717, 1.165) is 6.42 Å². The second-order valence-electron chi connectivity index (χ2n) is 6.65. The van der Waals surface area contributed by atoms with Crippen LogP contribution in [0, 0.1) is 5.92 Å². The summed E-state index contributed by atoms with van der Waals surface area (Å²) in [5, 5.41) is 2.13. The fraction of sp³-hybridized carbons (Fsp3) is 0.722. The number of rotatable bonds is 6. The van der Waals surface area contributed by atoms with Crippen LogP contribution in [0.15, 0.2) is 17.5 Å². The average molecular weight is 321 g/mol. The molecule has 2 saturated heterocycles. The van der Waals surface area contributed by atoms with Crippen molar-refractivity contribution in [3.8, 4) is 0 Å². The molecule has 0 aromatic carbocycles. The molecule has 0 amide bonds. The van der Waals surface area contributed by atoms with E-state index in [1.54, 1.807) is 11.3 Å². The highest BCUT2D eigenvalue weighted by molar-refractivity contribution is 7.10. The molecule has 0 saturated carbocycles. The molecule has 3 heterocycles. The van der Waals surface area contributed by atoms with Crippen molar-refractivity contribution in [2.45, 2.75) is 63.5 Å². The summed E-state index contributed by atoms with van der Waals surface area (Å²) in [6, 6.07) is 5.42. The average Bonchev–Trinajstić information content (AvgIpc) is 3.15. The zero-order valence-corrected chi connectivity index (χ0v) is 14.5. The van der Waals surface area contributed by atoms with Crippen molar-refractivity contribution in [3.63, 3.8) is 0 Å². The Morgan fingerprint density at radius 1 is 1.41 bits per heavy atom. The monoisotopic (exact) mass is 321 g/mol. The van der Waals surface area contributed by atoms with E-state index in [1.807, 2.05) is 0 Å². The molecule has 0 aliphatic carbocycles. The number of carbonyl (C=O) groups is 1. The Kier molecular flexibility index (Phi) is 5.19. The van der Waals surface area contributed by atoms with E-state index in [0.29, 0.717) is 18.0 Å². The number of piperidine rings is 1. The molecule has 3 rings (SSSR count). The Balaban J connectivity index is 1.82. The van der Waals surface area contributed by atoms with E-state index in [-0.39, 0.29) is 11.9 Å². The van der Waals surface area contributed by atoms with Gasteiger partial charge in [-0.3, -0.25) is 9.69 Å². The molecule has 4 atom stereocenters. The number of thiophene rings is 1. The smallest absolute Gasteiger partial charge is 0.309 e. The maximum atomic E-state index is 12.3. The van der Waals surface area contributed by atoms with Crippen LogP contribution < -0.4 is 0 Å². The molecule has 1 aromatic rings. The fourth-order valence-corrected chi connectivity index (χ4v) is 5.42. The molecule has 22 heavy (non-hydrogen) atoms. The lowest BCUT2D eigenvalue weighted by atomic mass is 9.79. The number of ether oxygens (including phenoxy) is 1. The molecular formula is C18H27NO2S. The van der Waals surface area contributed by atoms with E-state index in [1.165, 1.54) is 50.6 Å².